The Balaban J connectivity index is 2.10. The normalized spacial score (nSPS) is 13.5. The van der Waals surface area contributed by atoms with Crippen molar-refractivity contribution < 1.29 is 8.42 Å². The largest absolute Gasteiger partial charge is 0.324 e. The van der Waals surface area contributed by atoms with Crippen LogP contribution < -0.4 is 5.73 Å². The van der Waals surface area contributed by atoms with Crippen LogP contribution in [-0.2, 0) is 9.84 Å². The number of benzene rings is 1. The summed E-state index contributed by atoms with van der Waals surface area (Å²) in [5, 5.41) is 1.04. The first-order valence-corrected chi connectivity index (χ1v) is 8.65. The summed E-state index contributed by atoms with van der Waals surface area (Å²) in [4.78, 5) is 4.31. The van der Waals surface area contributed by atoms with Gasteiger partial charge in [0.25, 0.3) is 0 Å². The molecule has 1 aromatic carbocycles. The maximum atomic E-state index is 11.5. The second-order valence-electron chi connectivity index (χ2n) is 4.90. The van der Waals surface area contributed by atoms with Crippen molar-refractivity contribution in [1.82, 2.24) is 4.98 Å². The van der Waals surface area contributed by atoms with Gasteiger partial charge in [-0.1, -0.05) is 25.1 Å². The van der Waals surface area contributed by atoms with E-state index in [2.05, 4.69) is 4.98 Å². The maximum absolute atomic E-state index is 11.5. The third-order valence-corrected chi connectivity index (χ3v) is 5.28. The summed E-state index contributed by atoms with van der Waals surface area (Å²) >= 11 is 0. The number of para-hydroxylation sites is 1. The van der Waals surface area contributed by atoms with Crippen LogP contribution in [0.5, 0.6) is 0 Å². The fraction of sp³-hybridized carbons (Fsp3) is 0.400. The van der Waals surface area contributed by atoms with E-state index in [-0.39, 0.29) is 17.5 Å². The Hall–Kier alpha value is -1.46. The van der Waals surface area contributed by atoms with Crippen molar-refractivity contribution in [2.45, 2.75) is 25.8 Å². The van der Waals surface area contributed by atoms with Crippen LogP contribution in [0.4, 0.5) is 0 Å². The number of nitrogens with zero attached hydrogens (tertiary/aromatic N) is 1. The molecular formula is C15H20N2O2S. The Kier molecular flexibility index (Phi) is 4.73. The highest BCUT2D eigenvalue weighted by Gasteiger charge is 2.12. The minimum atomic E-state index is -2.91. The molecule has 2 aromatic rings. The zero-order chi connectivity index (χ0) is 14.6. The Morgan fingerprint density at radius 1 is 1.25 bits per heavy atom. The van der Waals surface area contributed by atoms with Gasteiger partial charge in [-0.25, -0.2) is 8.42 Å². The topological polar surface area (TPSA) is 73.0 Å². The van der Waals surface area contributed by atoms with Crippen LogP contribution in [0.25, 0.3) is 10.9 Å². The molecule has 4 nitrogen and oxygen atoms in total. The number of nitrogens with two attached hydrogens (primary N) is 1. The smallest absolute Gasteiger partial charge is 0.150 e. The second-order valence-corrected chi connectivity index (χ2v) is 7.38. The summed E-state index contributed by atoms with van der Waals surface area (Å²) in [6.45, 7) is 1.67. The molecule has 0 aliphatic rings. The van der Waals surface area contributed by atoms with E-state index in [0.29, 0.717) is 12.8 Å². The molecule has 1 atom stereocenters. The van der Waals surface area contributed by atoms with Crippen LogP contribution >= 0.6 is 0 Å². The lowest BCUT2D eigenvalue weighted by Gasteiger charge is -2.14. The first-order chi connectivity index (χ1) is 9.53. The molecule has 20 heavy (non-hydrogen) atoms. The summed E-state index contributed by atoms with van der Waals surface area (Å²) in [6.07, 6.45) is 3.00. The van der Waals surface area contributed by atoms with Crippen molar-refractivity contribution in [1.29, 1.82) is 0 Å². The summed E-state index contributed by atoms with van der Waals surface area (Å²) in [5.41, 5.74) is 8.16. The van der Waals surface area contributed by atoms with Crippen molar-refractivity contribution in [2.24, 2.45) is 5.73 Å². The van der Waals surface area contributed by atoms with Crippen LogP contribution in [0.15, 0.2) is 36.5 Å². The van der Waals surface area contributed by atoms with E-state index < -0.39 is 9.84 Å². The quantitative estimate of drug-likeness (QED) is 0.887. The Bertz CT molecular complexity index is 678. The van der Waals surface area contributed by atoms with Gasteiger partial charge in [0, 0.05) is 23.4 Å². The summed E-state index contributed by atoms with van der Waals surface area (Å²) in [6, 6.07) is 9.62. The maximum Gasteiger partial charge on any atom is 0.150 e. The number of sulfone groups is 1. The fourth-order valence-electron chi connectivity index (χ4n) is 2.26. The number of fused-ring (bicyclic) bond motifs is 1. The molecule has 0 saturated heterocycles. The molecule has 0 radical (unpaired) electrons. The van der Waals surface area contributed by atoms with E-state index in [0.717, 1.165) is 16.5 Å². The van der Waals surface area contributed by atoms with Crippen LogP contribution in [0, 0.1) is 0 Å². The molecule has 1 heterocycles. The van der Waals surface area contributed by atoms with Gasteiger partial charge in [-0.2, -0.15) is 0 Å². The fourth-order valence-corrected chi connectivity index (χ4v) is 3.16. The first kappa shape index (κ1) is 14.9. The number of rotatable bonds is 6. The number of hydrogen-bond acceptors (Lipinski definition) is 4. The van der Waals surface area contributed by atoms with E-state index in [1.54, 1.807) is 13.1 Å². The molecule has 108 valence electrons. The lowest BCUT2D eigenvalue weighted by molar-refractivity contribution is 0.584. The highest BCUT2D eigenvalue weighted by Crippen LogP contribution is 2.24. The number of hydrogen-bond donors (Lipinski definition) is 1. The van der Waals surface area contributed by atoms with Gasteiger partial charge in [0.1, 0.15) is 9.84 Å². The number of aromatic nitrogens is 1. The molecule has 0 aliphatic carbocycles. The molecule has 0 aliphatic heterocycles. The highest BCUT2D eigenvalue weighted by molar-refractivity contribution is 7.91. The highest BCUT2D eigenvalue weighted by atomic mass is 32.2. The zero-order valence-electron chi connectivity index (χ0n) is 11.6. The molecule has 0 saturated carbocycles. The van der Waals surface area contributed by atoms with Crippen LogP contribution in [-0.4, -0.2) is 24.9 Å². The van der Waals surface area contributed by atoms with Gasteiger partial charge in [0.2, 0.25) is 0 Å². The molecular weight excluding hydrogens is 272 g/mol. The van der Waals surface area contributed by atoms with E-state index >= 15 is 0 Å². The van der Waals surface area contributed by atoms with Gasteiger partial charge in [-0.15, -0.1) is 0 Å². The van der Waals surface area contributed by atoms with Crippen molar-refractivity contribution in [3.63, 3.8) is 0 Å². The van der Waals surface area contributed by atoms with E-state index in [1.807, 2.05) is 30.3 Å². The van der Waals surface area contributed by atoms with Crippen LogP contribution in [0.1, 0.15) is 31.4 Å². The Morgan fingerprint density at radius 3 is 2.75 bits per heavy atom. The van der Waals surface area contributed by atoms with Gasteiger partial charge in [-0.05, 0) is 30.5 Å². The predicted octanol–water partition coefficient (Wildman–Crippen LogP) is 2.45. The molecule has 0 fully saturated rings. The minimum Gasteiger partial charge on any atom is -0.324 e. The standard InChI is InChI=1S/C15H20N2O2S/c1-2-20(18,19)11-5-7-14(16)12-9-10-17-15-8-4-3-6-13(12)15/h3-4,6,8-10,14H,2,5,7,11,16H2,1H3. The van der Waals surface area contributed by atoms with Gasteiger partial charge < -0.3 is 5.73 Å². The third-order valence-electron chi connectivity index (χ3n) is 3.49. The van der Waals surface area contributed by atoms with E-state index in [9.17, 15) is 8.42 Å². The lowest BCUT2D eigenvalue weighted by atomic mass is 9.99. The lowest BCUT2D eigenvalue weighted by Crippen LogP contribution is -2.14. The predicted molar refractivity (Wildman–Crippen MR) is 82.2 cm³/mol. The third kappa shape index (κ3) is 3.55. The molecule has 0 amide bonds. The summed E-state index contributed by atoms with van der Waals surface area (Å²) in [5.74, 6) is 0.403. The SMILES string of the molecule is CCS(=O)(=O)CCCC(N)c1ccnc2ccccc12. The average Bonchev–Trinajstić information content (AvgIpc) is 2.46. The van der Waals surface area contributed by atoms with Gasteiger partial charge in [0.05, 0.1) is 11.3 Å². The van der Waals surface area contributed by atoms with Crippen LogP contribution in [0.3, 0.4) is 0 Å². The Labute approximate surface area is 119 Å². The minimum absolute atomic E-state index is 0.157. The summed E-state index contributed by atoms with van der Waals surface area (Å²) < 4.78 is 23.0. The van der Waals surface area contributed by atoms with Crippen LogP contribution in [0.2, 0.25) is 0 Å². The van der Waals surface area contributed by atoms with E-state index in [4.69, 9.17) is 5.73 Å². The molecule has 1 aromatic heterocycles. The van der Waals surface area contributed by atoms with E-state index in [1.165, 1.54) is 0 Å². The molecule has 2 N–H and O–H groups in total. The molecule has 0 spiro atoms. The molecule has 0 bridgehead atoms. The van der Waals surface area contributed by atoms with Crippen molar-refractivity contribution in [3.05, 3.63) is 42.1 Å². The average molecular weight is 292 g/mol. The molecule has 1 unspecified atom stereocenters. The van der Waals surface area contributed by atoms with Crippen molar-refractivity contribution in [3.8, 4) is 0 Å². The summed E-state index contributed by atoms with van der Waals surface area (Å²) in [7, 11) is -2.91. The monoisotopic (exact) mass is 292 g/mol. The molecule has 5 heteroatoms. The van der Waals surface area contributed by atoms with Gasteiger partial charge in [0.15, 0.2) is 0 Å². The number of pyridine rings is 1. The Morgan fingerprint density at radius 2 is 2.00 bits per heavy atom. The van der Waals surface area contributed by atoms with Gasteiger partial charge >= 0.3 is 0 Å². The second kappa shape index (κ2) is 6.33. The van der Waals surface area contributed by atoms with Gasteiger partial charge in [-0.3, -0.25) is 4.98 Å². The van der Waals surface area contributed by atoms with Crippen molar-refractivity contribution in [2.75, 3.05) is 11.5 Å². The van der Waals surface area contributed by atoms with Crippen molar-refractivity contribution >= 4 is 20.7 Å². The first-order valence-electron chi connectivity index (χ1n) is 6.83. The zero-order valence-corrected chi connectivity index (χ0v) is 12.4. The molecule has 2 rings (SSSR count).